The van der Waals surface area contributed by atoms with Gasteiger partial charge in [0, 0.05) is 28.7 Å². The molecule has 0 fully saturated rings. The van der Waals surface area contributed by atoms with Crippen LogP contribution in [0.1, 0.15) is 32.0 Å². The van der Waals surface area contributed by atoms with E-state index in [1.165, 1.54) is 5.56 Å². The first-order valence-electron chi connectivity index (χ1n) is 10.3. The quantitative estimate of drug-likeness (QED) is 0.527. The van der Waals surface area contributed by atoms with Crippen molar-refractivity contribution in [3.63, 3.8) is 0 Å². The topological polar surface area (TPSA) is 62.2 Å². The second-order valence-corrected chi connectivity index (χ2v) is 9.32. The molecule has 3 aromatic rings. The number of rotatable bonds is 6. The van der Waals surface area contributed by atoms with Gasteiger partial charge in [0.05, 0.1) is 11.4 Å². The molecule has 2 amide bonds. The van der Waals surface area contributed by atoms with Gasteiger partial charge in [-0.2, -0.15) is 5.10 Å². The Kier molecular flexibility index (Phi) is 7.03. The van der Waals surface area contributed by atoms with Crippen molar-refractivity contribution in [3.8, 4) is 5.69 Å². The number of amides is 2. The zero-order chi connectivity index (χ0) is 22.6. The minimum absolute atomic E-state index is 0.156. The molecule has 7 heteroatoms. The largest absolute Gasteiger partial charge is 0.324 e. The molecule has 2 N–H and O–H groups in total. The van der Waals surface area contributed by atoms with Gasteiger partial charge in [-0.05, 0) is 62.5 Å². The predicted molar refractivity (Wildman–Crippen MR) is 129 cm³/mol. The van der Waals surface area contributed by atoms with Crippen LogP contribution in [0.15, 0.2) is 54.6 Å². The van der Waals surface area contributed by atoms with E-state index >= 15 is 0 Å². The lowest BCUT2D eigenvalue weighted by atomic mass is 9.92. The Bertz CT molecular complexity index is 1030. The van der Waals surface area contributed by atoms with Crippen LogP contribution in [-0.2, 0) is 11.8 Å². The van der Waals surface area contributed by atoms with Crippen LogP contribution in [0.2, 0.25) is 5.02 Å². The maximum absolute atomic E-state index is 12.7. The fourth-order valence-electron chi connectivity index (χ4n) is 3.04. The van der Waals surface area contributed by atoms with E-state index in [9.17, 15) is 4.79 Å². The number of carbonyl (C=O) groups excluding carboxylic acids is 1. The third kappa shape index (κ3) is 6.32. The van der Waals surface area contributed by atoms with Crippen LogP contribution < -0.4 is 10.6 Å². The number of urea groups is 1. The van der Waals surface area contributed by atoms with E-state index in [1.54, 1.807) is 28.9 Å². The fraction of sp³-hybridized carbons (Fsp3) is 0.333. The van der Waals surface area contributed by atoms with Crippen molar-refractivity contribution in [2.75, 3.05) is 31.3 Å². The Labute approximate surface area is 189 Å². The molecule has 0 aliphatic heterocycles. The molecule has 2 aromatic carbocycles. The monoisotopic (exact) mass is 439 g/mol. The second-order valence-electron chi connectivity index (χ2n) is 8.89. The van der Waals surface area contributed by atoms with Gasteiger partial charge >= 0.3 is 6.03 Å². The highest BCUT2D eigenvalue weighted by molar-refractivity contribution is 6.30. The van der Waals surface area contributed by atoms with Crippen LogP contribution in [0.3, 0.4) is 0 Å². The smallest absolute Gasteiger partial charge is 0.309 e. The Morgan fingerprint density at radius 2 is 1.77 bits per heavy atom. The maximum atomic E-state index is 12.7. The van der Waals surface area contributed by atoms with E-state index < -0.39 is 0 Å². The first kappa shape index (κ1) is 22.8. The van der Waals surface area contributed by atoms with Crippen LogP contribution in [-0.4, -0.2) is 41.4 Å². The van der Waals surface area contributed by atoms with Crippen LogP contribution >= 0.6 is 11.6 Å². The molecular formula is C24H30ClN5O. The summed E-state index contributed by atoms with van der Waals surface area (Å²) in [6, 6.07) is 16.8. The fourth-order valence-corrected chi connectivity index (χ4v) is 3.17. The van der Waals surface area contributed by atoms with Crippen molar-refractivity contribution in [2.45, 2.75) is 32.6 Å². The van der Waals surface area contributed by atoms with Crippen molar-refractivity contribution >= 4 is 29.1 Å². The lowest BCUT2D eigenvalue weighted by molar-refractivity contribution is 0.262. The first-order valence-corrected chi connectivity index (χ1v) is 10.7. The highest BCUT2D eigenvalue weighted by atomic mass is 35.5. The highest BCUT2D eigenvalue weighted by Crippen LogP contribution is 2.27. The molecule has 0 atom stereocenters. The average molecular weight is 440 g/mol. The van der Waals surface area contributed by atoms with Gasteiger partial charge in [-0.25, -0.2) is 9.48 Å². The van der Waals surface area contributed by atoms with Crippen molar-refractivity contribution in [1.82, 2.24) is 14.7 Å². The molecule has 164 valence electrons. The Balaban J connectivity index is 1.88. The molecule has 0 saturated heterocycles. The van der Waals surface area contributed by atoms with E-state index in [4.69, 9.17) is 16.7 Å². The van der Waals surface area contributed by atoms with E-state index in [-0.39, 0.29) is 11.4 Å². The van der Waals surface area contributed by atoms with E-state index in [0.29, 0.717) is 16.5 Å². The molecule has 0 radical (unpaired) electrons. The number of nitrogens with zero attached hydrogens (tertiary/aromatic N) is 3. The zero-order valence-corrected chi connectivity index (χ0v) is 19.5. The summed E-state index contributed by atoms with van der Waals surface area (Å²) in [5, 5.41) is 11.2. The lowest BCUT2D eigenvalue weighted by Gasteiger charge is -2.14. The summed E-state index contributed by atoms with van der Waals surface area (Å²) in [4.78, 5) is 14.8. The molecule has 0 bridgehead atoms. The minimum atomic E-state index is -0.340. The number of halogens is 1. The van der Waals surface area contributed by atoms with Crippen molar-refractivity contribution in [1.29, 1.82) is 0 Å². The SMILES string of the molecule is CN(C)CCc1cccc(-n2nc(C(C)(C)C)cc2NC(=O)Nc2ccc(Cl)cc2)c1. The maximum Gasteiger partial charge on any atom is 0.324 e. The molecule has 0 aliphatic carbocycles. The van der Waals surface area contributed by atoms with Crippen LogP contribution in [0.4, 0.5) is 16.3 Å². The summed E-state index contributed by atoms with van der Waals surface area (Å²) in [7, 11) is 4.13. The third-order valence-electron chi connectivity index (χ3n) is 4.82. The zero-order valence-electron chi connectivity index (χ0n) is 18.7. The van der Waals surface area contributed by atoms with Gasteiger partial charge in [0.1, 0.15) is 5.82 Å². The normalized spacial score (nSPS) is 11.6. The molecule has 0 aliphatic rings. The number of aromatic nitrogens is 2. The molecule has 0 spiro atoms. The molecule has 0 saturated carbocycles. The van der Waals surface area contributed by atoms with Gasteiger partial charge in [0.15, 0.2) is 0 Å². The Morgan fingerprint density at radius 1 is 1.06 bits per heavy atom. The van der Waals surface area contributed by atoms with Gasteiger partial charge in [-0.3, -0.25) is 5.32 Å². The number of likely N-dealkylation sites (N-methyl/N-ethyl adjacent to an activating group) is 1. The van der Waals surface area contributed by atoms with Crippen LogP contribution in [0.25, 0.3) is 5.69 Å². The molecule has 6 nitrogen and oxygen atoms in total. The first-order chi connectivity index (χ1) is 14.6. The number of hydrogen-bond acceptors (Lipinski definition) is 3. The molecule has 3 rings (SSSR count). The van der Waals surface area contributed by atoms with Crippen molar-refractivity contribution in [2.24, 2.45) is 0 Å². The summed E-state index contributed by atoms with van der Waals surface area (Å²) < 4.78 is 1.79. The molecule has 31 heavy (non-hydrogen) atoms. The minimum Gasteiger partial charge on any atom is -0.309 e. The summed E-state index contributed by atoms with van der Waals surface area (Å²) in [6.45, 7) is 7.27. The summed E-state index contributed by atoms with van der Waals surface area (Å²) in [5.74, 6) is 0.612. The van der Waals surface area contributed by atoms with Gasteiger partial charge < -0.3 is 10.2 Å². The van der Waals surface area contributed by atoms with Crippen LogP contribution in [0, 0.1) is 0 Å². The lowest BCUT2D eigenvalue weighted by Crippen LogP contribution is -2.21. The standard InChI is InChI=1S/C24H30ClN5O/c1-24(2,3)21-16-22(27-23(31)26-19-11-9-18(25)10-12-19)30(28-21)20-8-6-7-17(15-20)13-14-29(4)5/h6-12,15-16H,13-14H2,1-5H3,(H2,26,27,31). The summed E-state index contributed by atoms with van der Waals surface area (Å²) in [6.07, 6.45) is 0.939. The van der Waals surface area contributed by atoms with Gasteiger partial charge in [-0.1, -0.05) is 44.5 Å². The van der Waals surface area contributed by atoms with Gasteiger partial charge in [0.25, 0.3) is 0 Å². The molecular weight excluding hydrogens is 410 g/mol. The highest BCUT2D eigenvalue weighted by Gasteiger charge is 2.21. The van der Waals surface area contributed by atoms with E-state index in [1.807, 2.05) is 18.2 Å². The predicted octanol–water partition coefficient (Wildman–Crippen LogP) is 5.57. The van der Waals surface area contributed by atoms with Gasteiger partial charge in [0.2, 0.25) is 0 Å². The van der Waals surface area contributed by atoms with E-state index in [2.05, 4.69) is 62.5 Å². The van der Waals surface area contributed by atoms with E-state index in [0.717, 1.165) is 24.3 Å². The number of hydrogen-bond donors (Lipinski definition) is 2. The number of benzene rings is 2. The summed E-state index contributed by atoms with van der Waals surface area (Å²) >= 11 is 5.92. The molecule has 1 heterocycles. The Hall–Kier alpha value is -2.83. The Morgan fingerprint density at radius 3 is 2.42 bits per heavy atom. The molecule has 0 unspecified atom stereocenters. The number of anilines is 2. The number of carbonyl (C=O) groups is 1. The summed E-state index contributed by atoms with van der Waals surface area (Å²) in [5.41, 5.74) is 3.53. The molecule has 1 aromatic heterocycles. The average Bonchev–Trinajstić information content (AvgIpc) is 3.12. The third-order valence-corrected chi connectivity index (χ3v) is 5.08. The van der Waals surface area contributed by atoms with Crippen molar-refractivity contribution in [3.05, 3.63) is 70.9 Å². The van der Waals surface area contributed by atoms with Gasteiger partial charge in [-0.15, -0.1) is 0 Å². The number of nitrogens with one attached hydrogen (secondary N) is 2. The van der Waals surface area contributed by atoms with Crippen molar-refractivity contribution < 1.29 is 4.79 Å². The van der Waals surface area contributed by atoms with Crippen LogP contribution in [0.5, 0.6) is 0 Å². The second kappa shape index (κ2) is 9.54.